The molecule has 0 bridgehead atoms. The van der Waals surface area contributed by atoms with Crippen LogP contribution in [0.3, 0.4) is 0 Å². The number of rotatable bonds is 0. The summed E-state index contributed by atoms with van der Waals surface area (Å²) in [7, 11) is 0. The molecule has 1 aromatic carbocycles. The zero-order valence-electron chi connectivity index (χ0n) is 5.84. The Labute approximate surface area is 96.6 Å². The van der Waals surface area contributed by atoms with Gasteiger partial charge in [-0.3, -0.25) is 0 Å². The van der Waals surface area contributed by atoms with E-state index >= 15 is 0 Å². The van der Waals surface area contributed by atoms with E-state index in [-0.39, 0.29) is 0 Å². The van der Waals surface area contributed by atoms with Gasteiger partial charge >= 0.3 is 0 Å². The Bertz CT molecular complexity index is 434. The lowest BCUT2D eigenvalue weighted by molar-refractivity contribution is 1.64. The van der Waals surface area contributed by atoms with Crippen molar-refractivity contribution in [2.45, 2.75) is 4.90 Å². The van der Waals surface area contributed by atoms with E-state index in [0.29, 0.717) is 0 Å². The van der Waals surface area contributed by atoms with Crippen LogP contribution in [0.1, 0.15) is 0 Å². The molecule has 0 spiro atoms. The van der Waals surface area contributed by atoms with Crippen LogP contribution in [0, 0.1) is 0 Å². The second-order valence-electron chi connectivity index (χ2n) is 2.39. The van der Waals surface area contributed by atoms with Gasteiger partial charge in [-0.2, -0.15) is 0 Å². The lowest BCUT2D eigenvalue weighted by Crippen LogP contribution is -1.69. The van der Waals surface area contributed by atoms with Gasteiger partial charge in [-0.1, -0.05) is 15.9 Å². The normalized spacial score (nSPS) is 10.9. The van der Waals surface area contributed by atoms with Crippen LogP contribution in [0.4, 0.5) is 0 Å². The zero-order chi connectivity index (χ0) is 8.72. The molecule has 0 N–H and O–H groups in total. The maximum absolute atomic E-state index is 4.36. The summed E-state index contributed by atoms with van der Waals surface area (Å²) in [5, 5.41) is 3.25. The molecular formula is C8H4Br2S2. The van der Waals surface area contributed by atoms with E-state index in [1.54, 1.807) is 11.3 Å². The molecule has 0 atom stereocenters. The topological polar surface area (TPSA) is 0 Å². The highest BCUT2D eigenvalue weighted by Gasteiger charge is 2.05. The minimum Gasteiger partial charge on any atom is -0.142 e. The van der Waals surface area contributed by atoms with Crippen molar-refractivity contribution in [3.8, 4) is 0 Å². The fraction of sp³-hybridized carbons (Fsp3) is 0. The van der Waals surface area contributed by atoms with Crippen LogP contribution in [0.2, 0.25) is 0 Å². The van der Waals surface area contributed by atoms with E-state index in [2.05, 4.69) is 50.6 Å². The standard InChI is InChI=1S/C8H4Br2S2/c9-4-1-5-7(11)3-12-8(5)6(10)2-4/h1-3,11H. The fourth-order valence-electron chi connectivity index (χ4n) is 1.05. The lowest BCUT2D eigenvalue weighted by Gasteiger charge is -1.96. The number of benzene rings is 1. The van der Waals surface area contributed by atoms with Gasteiger partial charge in [0.05, 0.1) is 0 Å². The molecule has 12 heavy (non-hydrogen) atoms. The van der Waals surface area contributed by atoms with Crippen LogP contribution < -0.4 is 0 Å². The third-order valence-electron chi connectivity index (χ3n) is 1.57. The Hall–Kier alpha value is 0.490. The average molecular weight is 324 g/mol. The van der Waals surface area contributed by atoms with Crippen LogP contribution in [-0.4, -0.2) is 0 Å². The number of fused-ring (bicyclic) bond motifs is 1. The molecule has 4 heteroatoms. The maximum Gasteiger partial charge on any atom is 0.0497 e. The molecule has 1 aromatic heterocycles. The minimum absolute atomic E-state index is 1.04. The number of thiophene rings is 1. The van der Waals surface area contributed by atoms with Crippen molar-refractivity contribution in [1.29, 1.82) is 0 Å². The molecule has 0 saturated heterocycles. The molecule has 0 fully saturated rings. The number of hydrogen-bond acceptors (Lipinski definition) is 2. The monoisotopic (exact) mass is 322 g/mol. The molecular weight excluding hydrogens is 320 g/mol. The Morgan fingerprint density at radius 2 is 2.00 bits per heavy atom. The van der Waals surface area contributed by atoms with E-state index in [1.807, 2.05) is 11.4 Å². The SMILES string of the molecule is Sc1csc2c(Br)cc(Br)cc12. The summed E-state index contributed by atoms with van der Waals surface area (Å²) in [6, 6.07) is 4.13. The quantitative estimate of drug-likeness (QED) is 0.667. The van der Waals surface area contributed by atoms with Gasteiger partial charge in [0, 0.05) is 29.3 Å². The smallest absolute Gasteiger partial charge is 0.0497 e. The summed E-state index contributed by atoms with van der Waals surface area (Å²) >= 11 is 13.0. The first-order chi connectivity index (χ1) is 5.68. The summed E-state index contributed by atoms with van der Waals surface area (Å²) < 4.78 is 3.45. The molecule has 0 aliphatic carbocycles. The second-order valence-corrected chi connectivity index (χ2v) is 5.52. The molecule has 0 aliphatic rings. The maximum atomic E-state index is 4.36. The summed E-state index contributed by atoms with van der Waals surface area (Å²) in [6.45, 7) is 0. The Morgan fingerprint density at radius 1 is 1.25 bits per heavy atom. The second kappa shape index (κ2) is 3.33. The van der Waals surface area contributed by atoms with Gasteiger partial charge in [-0.05, 0) is 28.1 Å². The summed E-state index contributed by atoms with van der Waals surface area (Å²) in [4.78, 5) is 1.04. The first kappa shape index (κ1) is 9.06. The molecule has 0 nitrogen and oxygen atoms in total. The molecule has 0 unspecified atom stereocenters. The van der Waals surface area contributed by atoms with Gasteiger partial charge in [0.25, 0.3) is 0 Å². The number of thiol groups is 1. The predicted molar refractivity (Wildman–Crippen MR) is 64.5 cm³/mol. The first-order valence-electron chi connectivity index (χ1n) is 3.23. The van der Waals surface area contributed by atoms with E-state index in [9.17, 15) is 0 Å². The number of halogens is 2. The fourth-order valence-corrected chi connectivity index (χ4v) is 3.79. The number of hydrogen-bond donors (Lipinski definition) is 1. The van der Waals surface area contributed by atoms with Gasteiger partial charge in [0.1, 0.15) is 0 Å². The van der Waals surface area contributed by atoms with Gasteiger partial charge in [0.2, 0.25) is 0 Å². The van der Waals surface area contributed by atoms with E-state index < -0.39 is 0 Å². The zero-order valence-corrected chi connectivity index (χ0v) is 10.7. The first-order valence-corrected chi connectivity index (χ1v) is 6.15. The van der Waals surface area contributed by atoms with Gasteiger partial charge < -0.3 is 0 Å². The van der Waals surface area contributed by atoms with Crippen molar-refractivity contribution in [3.05, 3.63) is 26.5 Å². The Morgan fingerprint density at radius 3 is 2.75 bits per heavy atom. The summed E-state index contributed by atoms with van der Waals surface area (Å²) in [5.41, 5.74) is 0. The van der Waals surface area contributed by atoms with Crippen molar-refractivity contribution in [2.75, 3.05) is 0 Å². The molecule has 62 valence electrons. The van der Waals surface area contributed by atoms with Crippen molar-refractivity contribution in [2.24, 2.45) is 0 Å². The van der Waals surface area contributed by atoms with Gasteiger partial charge in [0.15, 0.2) is 0 Å². The predicted octanol–water partition coefficient (Wildman–Crippen LogP) is 4.72. The minimum atomic E-state index is 1.04. The molecule has 0 amide bonds. The van der Waals surface area contributed by atoms with Crippen molar-refractivity contribution >= 4 is 65.9 Å². The van der Waals surface area contributed by atoms with Gasteiger partial charge in [-0.25, -0.2) is 0 Å². The van der Waals surface area contributed by atoms with Crippen LogP contribution in [-0.2, 0) is 0 Å². The largest absolute Gasteiger partial charge is 0.142 e. The Balaban J connectivity index is 2.92. The van der Waals surface area contributed by atoms with Gasteiger partial charge in [-0.15, -0.1) is 24.0 Å². The molecule has 0 radical (unpaired) electrons. The van der Waals surface area contributed by atoms with E-state index in [4.69, 9.17) is 0 Å². The molecule has 2 aromatic rings. The average Bonchev–Trinajstić information content (AvgIpc) is 2.33. The van der Waals surface area contributed by atoms with Crippen LogP contribution in [0.15, 0.2) is 31.4 Å². The third-order valence-corrected chi connectivity index (χ3v) is 4.49. The van der Waals surface area contributed by atoms with E-state index in [1.165, 1.54) is 10.1 Å². The molecule has 0 saturated carbocycles. The highest BCUT2D eigenvalue weighted by Crippen LogP contribution is 2.36. The molecule has 1 heterocycles. The van der Waals surface area contributed by atoms with Crippen LogP contribution in [0.5, 0.6) is 0 Å². The molecule has 0 aliphatic heterocycles. The summed E-state index contributed by atoms with van der Waals surface area (Å²) in [5.74, 6) is 0. The van der Waals surface area contributed by atoms with Crippen molar-refractivity contribution in [1.82, 2.24) is 0 Å². The van der Waals surface area contributed by atoms with E-state index in [0.717, 1.165) is 13.8 Å². The highest BCUT2D eigenvalue weighted by atomic mass is 79.9. The highest BCUT2D eigenvalue weighted by molar-refractivity contribution is 9.11. The van der Waals surface area contributed by atoms with Crippen molar-refractivity contribution in [3.63, 3.8) is 0 Å². The molecule has 2 rings (SSSR count). The van der Waals surface area contributed by atoms with Crippen LogP contribution >= 0.6 is 55.8 Å². The van der Waals surface area contributed by atoms with Crippen molar-refractivity contribution < 1.29 is 0 Å². The third kappa shape index (κ3) is 1.45. The van der Waals surface area contributed by atoms with Crippen LogP contribution in [0.25, 0.3) is 10.1 Å². The Kier molecular flexibility index (Phi) is 2.51. The lowest BCUT2D eigenvalue weighted by atomic mass is 10.3. The summed E-state index contributed by atoms with van der Waals surface area (Å²) in [6.07, 6.45) is 0.